The molecule has 0 aliphatic rings. The van der Waals surface area contributed by atoms with E-state index in [1.807, 2.05) is 37.3 Å². The molecule has 1 amide bonds. The molecule has 1 unspecified atom stereocenters. The van der Waals surface area contributed by atoms with Crippen LogP contribution in [-0.4, -0.2) is 25.1 Å². The first-order valence-electron chi connectivity index (χ1n) is 6.38. The lowest BCUT2D eigenvalue weighted by molar-refractivity contribution is -0.119. The third-order valence-corrected chi connectivity index (χ3v) is 4.95. The Morgan fingerprint density at radius 2 is 2.05 bits per heavy atom. The van der Waals surface area contributed by atoms with Crippen LogP contribution in [0.15, 0.2) is 41.2 Å². The van der Waals surface area contributed by atoms with E-state index in [1.54, 1.807) is 10.9 Å². The largest absolute Gasteiger partial charge is 0.349 e. The van der Waals surface area contributed by atoms with Gasteiger partial charge in [-0.25, -0.2) is 13.4 Å². The fourth-order valence-electron chi connectivity index (χ4n) is 1.89. The molecule has 2 rings (SSSR count). The van der Waals surface area contributed by atoms with Crippen LogP contribution in [0.5, 0.6) is 0 Å². The smallest absolute Gasteiger partial charge is 0.235 e. The number of hydrogen-bond donors (Lipinski definition) is 1. The van der Waals surface area contributed by atoms with Crippen molar-refractivity contribution in [1.82, 2.24) is 10.3 Å². The summed E-state index contributed by atoms with van der Waals surface area (Å²) < 4.78 is 23.9. The molecule has 0 fully saturated rings. The Labute approximate surface area is 128 Å². The first-order chi connectivity index (χ1) is 9.96. The summed E-state index contributed by atoms with van der Waals surface area (Å²) in [6.07, 6.45) is 0. The van der Waals surface area contributed by atoms with Crippen molar-refractivity contribution in [3.8, 4) is 0 Å². The first kappa shape index (κ1) is 15.7. The Morgan fingerprint density at radius 1 is 1.33 bits per heavy atom. The van der Waals surface area contributed by atoms with Crippen molar-refractivity contribution >= 4 is 27.1 Å². The topological polar surface area (TPSA) is 76.1 Å². The number of nitrogens with one attached hydrogen (secondary N) is 1. The predicted molar refractivity (Wildman–Crippen MR) is 82.6 cm³/mol. The van der Waals surface area contributed by atoms with Gasteiger partial charge in [0.25, 0.3) is 0 Å². The van der Waals surface area contributed by atoms with Crippen molar-refractivity contribution in [3.63, 3.8) is 0 Å². The van der Waals surface area contributed by atoms with E-state index in [9.17, 15) is 13.2 Å². The van der Waals surface area contributed by atoms with E-state index in [1.165, 1.54) is 11.3 Å². The number of nitrogens with zero attached hydrogens (tertiary/aromatic N) is 1. The van der Waals surface area contributed by atoms with Gasteiger partial charge in [-0.2, -0.15) is 0 Å². The minimum absolute atomic E-state index is 0.205. The number of rotatable bonds is 6. The maximum atomic E-state index is 11.9. The average Bonchev–Trinajstić information content (AvgIpc) is 2.90. The highest BCUT2D eigenvalue weighted by Crippen LogP contribution is 2.12. The lowest BCUT2D eigenvalue weighted by Crippen LogP contribution is -2.32. The summed E-state index contributed by atoms with van der Waals surface area (Å²) in [4.78, 5) is 15.8. The number of amides is 1. The zero-order chi connectivity index (χ0) is 15.3. The van der Waals surface area contributed by atoms with E-state index in [2.05, 4.69) is 10.3 Å². The van der Waals surface area contributed by atoms with E-state index in [0.29, 0.717) is 5.69 Å². The number of aromatic nitrogens is 1. The summed E-state index contributed by atoms with van der Waals surface area (Å²) in [6.45, 7) is 1.82. The lowest BCUT2D eigenvalue weighted by atomic mass is 10.1. The summed E-state index contributed by atoms with van der Waals surface area (Å²) in [5.41, 5.74) is 2.98. The Hall–Kier alpha value is -1.73. The molecule has 0 aliphatic carbocycles. The second-order valence-electron chi connectivity index (χ2n) is 4.71. The van der Waals surface area contributed by atoms with Gasteiger partial charge in [-0.3, -0.25) is 4.79 Å². The summed E-state index contributed by atoms with van der Waals surface area (Å²) >= 11 is 1.33. The Bertz CT molecular complexity index is 682. The monoisotopic (exact) mass is 324 g/mol. The van der Waals surface area contributed by atoms with Crippen molar-refractivity contribution in [2.45, 2.75) is 18.7 Å². The summed E-state index contributed by atoms with van der Waals surface area (Å²) in [5.74, 6) is -1.23. The highest BCUT2D eigenvalue weighted by atomic mass is 32.2. The standard InChI is InChI=1S/C14H16N2O3S2/c1-11(12-5-3-2-4-6-12)16-14(17)9-21(18,19)8-13-7-20-10-15-13/h2-7,10-11H,8-9H2,1H3,(H,16,17). The molecule has 5 nitrogen and oxygen atoms in total. The molecular formula is C14H16N2O3S2. The van der Waals surface area contributed by atoms with Crippen LogP contribution in [0.25, 0.3) is 0 Å². The molecule has 0 spiro atoms. The predicted octanol–water partition coefficient (Wildman–Crippen LogP) is 1.94. The van der Waals surface area contributed by atoms with E-state index in [4.69, 9.17) is 0 Å². The summed E-state index contributed by atoms with van der Waals surface area (Å²) in [7, 11) is -3.50. The quantitative estimate of drug-likeness (QED) is 0.881. The fraction of sp³-hybridized carbons (Fsp3) is 0.286. The van der Waals surface area contributed by atoms with Crippen molar-refractivity contribution in [2.24, 2.45) is 0 Å². The fourth-order valence-corrected chi connectivity index (χ4v) is 3.75. The van der Waals surface area contributed by atoms with Gasteiger partial charge in [0.1, 0.15) is 5.75 Å². The van der Waals surface area contributed by atoms with Crippen molar-refractivity contribution in [1.29, 1.82) is 0 Å². The number of carbonyl (C=O) groups excluding carboxylic acids is 1. The minimum atomic E-state index is -3.50. The average molecular weight is 324 g/mol. The summed E-state index contributed by atoms with van der Waals surface area (Å²) in [6, 6.07) is 9.17. The van der Waals surface area contributed by atoms with Gasteiger partial charge in [-0.15, -0.1) is 11.3 Å². The number of carbonyl (C=O) groups is 1. The minimum Gasteiger partial charge on any atom is -0.349 e. The normalized spacial score (nSPS) is 12.8. The molecular weight excluding hydrogens is 308 g/mol. The van der Waals surface area contributed by atoms with Gasteiger partial charge in [0.05, 0.1) is 23.0 Å². The van der Waals surface area contributed by atoms with Gasteiger partial charge >= 0.3 is 0 Å². The van der Waals surface area contributed by atoms with E-state index in [-0.39, 0.29) is 11.8 Å². The van der Waals surface area contributed by atoms with Gasteiger partial charge in [-0.1, -0.05) is 30.3 Å². The molecule has 1 aromatic carbocycles. The van der Waals surface area contributed by atoms with Crippen molar-refractivity contribution in [3.05, 3.63) is 52.5 Å². The third-order valence-electron chi connectivity index (χ3n) is 2.88. The van der Waals surface area contributed by atoms with Gasteiger partial charge in [0.15, 0.2) is 9.84 Å². The number of thiazole rings is 1. The first-order valence-corrected chi connectivity index (χ1v) is 9.14. The number of sulfone groups is 1. The zero-order valence-electron chi connectivity index (χ0n) is 11.5. The molecule has 1 heterocycles. The Morgan fingerprint density at radius 3 is 2.67 bits per heavy atom. The molecule has 0 radical (unpaired) electrons. The second kappa shape index (κ2) is 6.82. The van der Waals surface area contributed by atoms with Crippen LogP contribution in [0.2, 0.25) is 0 Å². The molecule has 112 valence electrons. The van der Waals surface area contributed by atoms with E-state index < -0.39 is 21.5 Å². The van der Waals surface area contributed by atoms with Crippen LogP contribution in [0.4, 0.5) is 0 Å². The molecule has 7 heteroatoms. The van der Waals surface area contributed by atoms with Crippen LogP contribution >= 0.6 is 11.3 Å². The van der Waals surface area contributed by atoms with E-state index >= 15 is 0 Å². The van der Waals surface area contributed by atoms with Crippen LogP contribution in [-0.2, 0) is 20.4 Å². The lowest BCUT2D eigenvalue weighted by Gasteiger charge is -2.14. The zero-order valence-corrected chi connectivity index (χ0v) is 13.2. The molecule has 0 aliphatic heterocycles. The third kappa shape index (κ3) is 4.95. The Balaban J connectivity index is 1.92. The molecule has 0 saturated carbocycles. The molecule has 0 bridgehead atoms. The molecule has 1 aromatic heterocycles. The second-order valence-corrected chi connectivity index (χ2v) is 7.50. The van der Waals surface area contributed by atoms with Crippen LogP contribution in [0.3, 0.4) is 0 Å². The number of hydrogen-bond acceptors (Lipinski definition) is 5. The SMILES string of the molecule is CC(NC(=O)CS(=O)(=O)Cc1cscn1)c1ccccc1. The van der Waals surface area contributed by atoms with Gasteiger partial charge < -0.3 is 5.32 Å². The van der Waals surface area contributed by atoms with Crippen LogP contribution < -0.4 is 5.32 Å². The van der Waals surface area contributed by atoms with Gasteiger partial charge in [0, 0.05) is 5.38 Å². The molecule has 0 saturated heterocycles. The van der Waals surface area contributed by atoms with Crippen LogP contribution in [0.1, 0.15) is 24.2 Å². The molecule has 1 atom stereocenters. The molecule has 21 heavy (non-hydrogen) atoms. The highest BCUT2D eigenvalue weighted by molar-refractivity contribution is 7.91. The van der Waals surface area contributed by atoms with Gasteiger partial charge in [-0.05, 0) is 12.5 Å². The maximum absolute atomic E-state index is 11.9. The van der Waals surface area contributed by atoms with Crippen LogP contribution in [0, 0.1) is 0 Å². The molecule has 1 N–H and O–H groups in total. The number of benzene rings is 1. The van der Waals surface area contributed by atoms with Gasteiger partial charge in [0.2, 0.25) is 5.91 Å². The summed E-state index contributed by atoms with van der Waals surface area (Å²) in [5, 5.41) is 4.36. The van der Waals surface area contributed by atoms with E-state index in [0.717, 1.165) is 5.56 Å². The molecule has 2 aromatic rings. The van der Waals surface area contributed by atoms with Crippen molar-refractivity contribution in [2.75, 3.05) is 5.75 Å². The highest BCUT2D eigenvalue weighted by Gasteiger charge is 2.19. The van der Waals surface area contributed by atoms with Crippen molar-refractivity contribution < 1.29 is 13.2 Å². The Kier molecular flexibility index (Phi) is 5.08. The maximum Gasteiger partial charge on any atom is 0.235 e.